The molecule has 4 heteroatoms. The van der Waals surface area contributed by atoms with Crippen LogP contribution in [0.3, 0.4) is 0 Å². The number of amides is 1. The molecule has 1 saturated heterocycles. The van der Waals surface area contributed by atoms with E-state index in [9.17, 15) is 9.90 Å². The molecule has 0 saturated carbocycles. The van der Waals surface area contributed by atoms with Gasteiger partial charge in [0.2, 0.25) is 0 Å². The van der Waals surface area contributed by atoms with Crippen molar-refractivity contribution in [3.8, 4) is 6.07 Å². The smallest absolute Gasteiger partial charge is 0.254 e. The maximum Gasteiger partial charge on any atom is 0.254 e. The molecule has 1 aliphatic heterocycles. The lowest BCUT2D eigenvalue weighted by molar-refractivity contribution is 0.0281. The minimum absolute atomic E-state index is 0.0947. The van der Waals surface area contributed by atoms with Gasteiger partial charge in [-0.1, -0.05) is 6.07 Å². The average molecular weight is 258 g/mol. The fraction of sp³-hybridized carbons (Fsp3) is 0.467. The van der Waals surface area contributed by atoms with Crippen LogP contribution in [0.2, 0.25) is 0 Å². The lowest BCUT2D eigenvalue weighted by atomic mass is 9.97. The Morgan fingerprint density at radius 2 is 2.32 bits per heavy atom. The predicted octanol–water partition coefficient (Wildman–Crippen LogP) is 1.93. The van der Waals surface area contributed by atoms with E-state index >= 15 is 0 Å². The number of carbonyl (C=O) groups is 1. The van der Waals surface area contributed by atoms with E-state index in [2.05, 4.69) is 0 Å². The summed E-state index contributed by atoms with van der Waals surface area (Å²) in [5, 5.41) is 18.7. The molecule has 2 rings (SSSR count). The van der Waals surface area contributed by atoms with Crippen LogP contribution < -0.4 is 0 Å². The lowest BCUT2D eigenvalue weighted by Crippen LogP contribution is -2.48. The zero-order valence-electron chi connectivity index (χ0n) is 11.0. The monoisotopic (exact) mass is 258 g/mol. The summed E-state index contributed by atoms with van der Waals surface area (Å²) in [6.07, 6.45) is 2.31. The number of piperidine rings is 1. The fourth-order valence-corrected chi connectivity index (χ4v) is 2.60. The van der Waals surface area contributed by atoms with Crippen molar-refractivity contribution in [3.63, 3.8) is 0 Å². The van der Waals surface area contributed by atoms with Gasteiger partial charge in [0, 0.05) is 12.1 Å². The van der Waals surface area contributed by atoms with Crippen molar-refractivity contribution < 1.29 is 9.90 Å². The predicted molar refractivity (Wildman–Crippen MR) is 71.5 cm³/mol. The van der Waals surface area contributed by atoms with Crippen LogP contribution in [-0.2, 0) is 0 Å². The van der Waals surface area contributed by atoms with Crippen LogP contribution in [0.15, 0.2) is 24.3 Å². The first-order chi connectivity index (χ1) is 9.13. The second kappa shape index (κ2) is 5.85. The highest BCUT2D eigenvalue weighted by molar-refractivity contribution is 5.94. The number of nitriles is 1. The molecule has 1 heterocycles. The Labute approximate surface area is 113 Å². The Bertz CT molecular complexity index is 505. The van der Waals surface area contributed by atoms with Crippen LogP contribution in [0.25, 0.3) is 0 Å². The van der Waals surface area contributed by atoms with Crippen LogP contribution in [0.4, 0.5) is 0 Å². The molecule has 2 unspecified atom stereocenters. The van der Waals surface area contributed by atoms with Gasteiger partial charge in [0.05, 0.1) is 23.8 Å². The van der Waals surface area contributed by atoms with Crippen LogP contribution >= 0.6 is 0 Å². The van der Waals surface area contributed by atoms with E-state index < -0.39 is 6.10 Å². The van der Waals surface area contributed by atoms with Crippen LogP contribution in [0.5, 0.6) is 0 Å². The number of hydrogen-bond donors (Lipinski definition) is 1. The van der Waals surface area contributed by atoms with Crippen molar-refractivity contribution in [2.45, 2.75) is 38.3 Å². The minimum atomic E-state index is -0.525. The van der Waals surface area contributed by atoms with Crippen molar-refractivity contribution in [1.29, 1.82) is 5.26 Å². The van der Waals surface area contributed by atoms with Crippen LogP contribution in [0, 0.1) is 11.3 Å². The van der Waals surface area contributed by atoms with E-state index in [1.165, 1.54) is 0 Å². The zero-order valence-corrected chi connectivity index (χ0v) is 11.0. The Balaban J connectivity index is 2.24. The van der Waals surface area contributed by atoms with Gasteiger partial charge in [0.15, 0.2) is 0 Å². The van der Waals surface area contributed by atoms with Crippen molar-refractivity contribution in [2.75, 3.05) is 6.54 Å². The molecule has 2 atom stereocenters. The van der Waals surface area contributed by atoms with Crippen molar-refractivity contribution >= 4 is 5.91 Å². The highest BCUT2D eigenvalue weighted by atomic mass is 16.3. The highest BCUT2D eigenvalue weighted by Crippen LogP contribution is 2.22. The summed E-state index contributed by atoms with van der Waals surface area (Å²) >= 11 is 0. The van der Waals surface area contributed by atoms with E-state index in [0.717, 1.165) is 19.3 Å². The molecule has 4 nitrogen and oxygen atoms in total. The summed E-state index contributed by atoms with van der Waals surface area (Å²) in [4.78, 5) is 14.2. The molecule has 1 aromatic rings. The molecule has 0 spiro atoms. The van der Waals surface area contributed by atoms with Gasteiger partial charge in [-0.2, -0.15) is 5.26 Å². The summed E-state index contributed by atoms with van der Waals surface area (Å²) < 4.78 is 0. The maximum absolute atomic E-state index is 12.5. The van der Waals surface area contributed by atoms with Gasteiger partial charge in [-0.05, 0) is 44.4 Å². The molecule has 1 amide bonds. The third-order valence-electron chi connectivity index (χ3n) is 3.61. The number of likely N-dealkylation sites (tertiary alicyclic amines) is 1. The van der Waals surface area contributed by atoms with Gasteiger partial charge < -0.3 is 10.0 Å². The third-order valence-corrected chi connectivity index (χ3v) is 3.61. The molecule has 1 fully saturated rings. The lowest BCUT2D eigenvalue weighted by Gasteiger charge is -2.37. The number of hydrogen-bond acceptors (Lipinski definition) is 3. The van der Waals surface area contributed by atoms with E-state index in [4.69, 9.17) is 5.26 Å². The van der Waals surface area contributed by atoms with Crippen molar-refractivity contribution in [1.82, 2.24) is 4.90 Å². The quantitative estimate of drug-likeness (QED) is 0.881. The SMILES string of the molecule is CC(O)C1CCCCN1C(=O)c1cccc(C#N)c1. The van der Waals surface area contributed by atoms with Gasteiger partial charge in [0.25, 0.3) is 5.91 Å². The number of aliphatic hydroxyl groups is 1. The molecule has 1 aliphatic rings. The molecular weight excluding hydrogens is 240 g/mol. The molecule has 19 heavy (non-hydrogen) atoms. The third kappa shape index (κ3) is 2.94. The van der Waals surface area contributed by atoms with E-state index in [1.807, 2.05) is 6.07 Å². The number of benzene rings is 1. The summed E-state index contributed by atoms with van der Waals surface area (Å²) in [5.41, 5.74) is 1.00. The average Bonchev–Trinajstić information content (AvgIpc) is 2.46. The highest BCUT2D eigenvalue weighted by Gasteiger charge is 2.30. The molecular formula is C15H18N2O2. The molecule has 0 aromatic heterocycles. The maximum atomic E-state index is 12.5. The number of rotatable bonds is 2. The number of carbonyl (C=O) groups excluding carboxylic acids is 1. The fourth-order valence-electron chi connectivity index (χ4n) is 2.60. The van der Waals surface area contributed by atoms with Gasteiger partial charge in [0.1, 0.15) is 0 Å². The van der Waals surface area contributed by atoms with E-state index in [0.29, 0.717) is 17.7 Å². The van der Waals surface area contributed by atoms with Crippen LogP contribution in [0.1, 0.15) is 42.1 Å². The number of nitrogens with zero attached hydrogens (tertiary/aromatic N) is 2. The topological polar surface area (TPSA) is 64.3 Å². The Kier molecular flexibility index (Phi) is 4.18. The van der Waals surface area contributed by atoms with Gasteiger partial charge in [-0.3, -0.25) is 4.79 Å². The molecule has 1 aromatic carbocycles. The Morgan fingerprint density at radius 3 is 3.00 bits per heavy atom. The molecule has 0 radical (unpaired) electrons. The van der Waals surface area contributed by atoms with Crippen molar-refractivity contribution in [3.05, 3.63) is 35.4 Å². The van der Waals surface area contributed by atoms with Gasteiger partial charge >= 0.3 is 0 Å². The first kappa shape index (κ1) is 13.6. The van der Waals surface area contributed by atoms with Gasteiger partial charge in [-0.25, -0.2) is 0 Å². The first-order valence-electron chi connectivity index (χ1n) is 6.62. The standard InChI is InChI=1S/C15H18N2O2/c1-11(18)14-7-2-3-8-17(14)15(19)13-6-4-5-12(9-13)10-16/h4-6,9,11,14,18H,2-3,7-8H2,1H3. The Morgan fingerprint density at radius 1 is 1.53 bits per heavy atom. The molecule has 0 bridgehead atoms. The summed E-state index contributed by atoms with van der Waals surface area (Å²) in [6.45, 7) is 2.40. The second-order valence-electron chi connectivity index (χ2n) is 4.99. The zero-order chi connectivity index (χ0) is 13.8. The van der Waals surface area contributed by atoms with Crippen LogP contribution in [-0.4, -0.2) is 34.6 Å². The van der Waals surface area contributed by atoms with E-state index in [-0.39, 0.29) is 11.9 Å². The largest absolute Gasteiger partial charge is 0.391 e. The van der Waals surface area contributed by atoms with E-state index in [1.54, 1.807) is 36.1 Å². The molecule has 0 aliphatic carbocycles. The summed E-state index contributed by atoms with van der Waals surface area (Å²) in [5.74, 6) is -0.0947. The second-order valence-corrected chi connectivity index (χ2v) is 4.99. The number of aliphatic hydroxyl groups excluding tert-OH is 1. The minimum Gasteiger partial charge on any atom is -0.391 e. The van der Waals surface area contributed by atoms with Gasteiger partial charge in [-0.15, -0.1) is 0 Å². The van der Waals surface area contributed by atoms with Crippen molar-refractivity contribution in [2.24, 2.45) is 0 Å². The molecule has 100 valence electrons. The Hall–Kier alpha value is -1.86. The first-order valence-corrected chi connectivity index (χ1v) is 6.62. The summed E-state index contributed by atoms with van der Waals surface area (Å²) in [7, 11) is 0. The molecule has 1 N–H and O–H groups in total. The summed E-state index contributed by atoms with van der Waals surface area (Å²) in [6, 6.07) is 8.64. The normalized spacial score (nSPS) is 20.7.